The van der Waals surface area contributed by atoms with Crippen molar-refractivity contribution in [3.8, 4) is 11.1 Å². The maximum absolute atomic E-state index is 9.43. The van der Waals surface area contributed by atoms with Crippen molar-refractivity contribution in [2.45, 2.75) is 91.8 Å². The molecule has 1 saturated heterocycles. The van der Waals surface area contributed by atoms with Gasteiger partial charge in [0.25, 0.3) is 0 Å². The molecule has 1 atom stereocenters. The van der Waals surface area contributed by atoms with Crippen molar-refractivity contribution in [2.75, 3.05) is 9.80 Å². The number of nitrogens with one attached hydrogen (secondary N) is 1. The summed E-state index contributed by atoms with van der Waals surface area (Å²) >= 11 is 0. The van der Waals surface area contributed by atoms with Crippen molar-refractivity contribution in [1.82, 2.24) is 0 Å². The van der Waals surface area contributed by atoms with E-state index in [1.165, 1.54) is 33.4 Å². The van der Waals surface area contributed by atoms with Crippen LogP contribution in [0, 0.1) is 5.41 Å². The molecule has 3 aromatic rings. The zero-order valence-electron chi connectivity index (χ0n) is 24.3. The van der Waals surface area contributed by atoms with Crippen LogP contribution in [-0.2, 0) is 18.3 Å². The first kappa shape index (κ1) is 26.2. The molecule has 1 unspecified atom stereocenters. The van der Waals surface area contributed by atoms with Crippen LogP contribution in [0.15, 0.2) is 65.7 Å². The highest BCUT2D eigenvalue weighted by Crippen LogP contribution is 2.52. The number of fused-ring (bicyclic) bond motifs is 3. The number of hydrogen-bond donors (Lipinski definition) is 1. The lowest BCUT2D eigenvalue weighted by atomic mass is 9.80. The number of nitrogens with zero attached hydrogens (tertiary/aromatic N) is 3. The van der Waals surface area contributed by atoms with Gasteiger partial charge in [-0.05, 0) is 84.2 Å². The fourth-order valence-corrected chi connectivity index (χ4v) is 6.27. The number of aryl methyl sites for hydroxylation is 2. The van der Waals surface area contributed by atoms with E-state index in [-0.39, 0.29) is 17.6 Å². The summed E-state index contributed by atoms with van der Waals surface area (Å²) in [5, 5.41) is 9.43. The second-order valence-electron chi connectivity index (χ2n) is 11.9. The molecule has 0 spiro atoms. The molecule has 38 heavy (non-hydrogen) atoms. The molecule has 2 aliphatic heterocycles. The van der Waals surface area contributed by atoms with Gasteiger partial charge in [0.15, 0.2) is 11.7 Å². The van der Waals surface area contributed by atoms with Crippen LogP contribution in [0.25, 0.3) is 11.1 Å². The van der Waals surface area contributed by atoms with Gasteiger partial charge in [-0.3, -0.25) is 10.4 Å². The molecule has 1 N–H and O–H groups in total. The largest absolute Gasteiger partial charge is 0.301 e. The summed E-state index contributed by atoms with van der Waals surface area (Å²) in [4.78, 5) is 9.56. The molecule has 4 heteroatoms. The number of rotatable bonds is 6. The molecule has 0 radical (unpaired) electrons. The van der Waals surface area contributed by atoms with E-state index in [1.54, 1.807) is 0 Å². The predicted molar refractivity (Wildman–Crippen MR) is 163 cm³/mol. The molecule has 2 aliphatic rings. The van der Waals surface area contributed by atoms with Crippen molar-refractivity contribution in [2.24, 2.45) is 4.99 Å². The Morgan fingerprint density at radius 3 is 2.16 bits per heavy atom. The second kappa shape index (κ2) is 9.72. The van der Waals surface area contributed by atoms with Gasteiger partial charge in [0.2, 0.25) is 0 Å². The van der Waals surface area contributed by atoms with Crippen LogP contribution in [-0.4, -0.2) is 23.9 Å². The van der Waals surface area contributed by atoms with Crippen LogP contribution >= 0.6 is 0 Å². The number of hydrogen-bond acceptors (Lipinski definition) is 2. The Balaban J connectivity index is 1.73. The van der Waals surface area contributed by atoms with Crippen molar-refractivity contribution in [3.63, 3.8) is 0 Å². The highest BCUT2D eigenvalue weighted by atomic mass is 15.5. The van der Waals surface area contributed by atoms with E-state index < -0.39 is 0 Å². The Morgan fingerprint density at radius 1 is 0.868 bits per heavy atom. The normalized spacial score (nSPS) is 19.2. The molecule has 198 valence electrons. The van der Waals surface area contributed by atoms with E-state index in [2.05, 4.69) is 126 Å². The number of anilines is 2. The summed E-state index contributed by atoms with van der Waals surface area (Å²) < 4.78 is 0. The molecule has 3 aromatic carbocycles. The van der Waals surface area contributed by atoms with E-state index in [0.29, 0.717) is 11.8 Å². The Bertz CT molecular complexity index is 1390. The first-order valence-corrected chi connectivity index (χ1v) is 14.2. The summed E-state index contributed by atoms with van der Waals surface area (Å²) in [7, 11) is 0. The Kier molecular flexibility index (Phi) is 6.71. The van der Waals surface area contributed by atoms with Crippen LogP contribution in [0.1, 0.15) is 83.6 Å². The van der Waals surface area contributed by atoms with Crippen molar-refractivity contribution in [3.05, 3.63) is 82.9 Å². The molecule has 4 nitrogen and oxygen atoms in total. The van der Waals surface area contributed by atoms with Crippen LogP contribution in [0.5, 0.6) is 0 Å². The molecule has 0 aliphatic carbocycles. The van der Waals surface area contributed by atoms with Gasteiger partial charge in [-0.2, -0.15) is 0 Å². The van der Waals surface area contributed by atoms with Gasteiger partial charge in [0.05, 0.1) is 0 Å². The fraction of sp³-hybridized carbons (Fsp3) is 0.412. The number of amidine groups is 2. The monoisotopic (exact) mass is 506 g/mol. The topological polar surface area (TPSA) is 42.7 Å². The van der Waals surface area contributed by atoms with E-state index in [9.17, 15) is 5.41 Å². The van der Waals surface area contributed by atoms with Crippen LogP contribution in [0.4, 0.5) is 11.4 Å². The Hall–Kier alpha value is -3.40. The highest BCUT2D eigenvalue weighted by molar-refractivity contribution is 6.52. The average Bonchev–Trinajstić information content (AvgIpc) is 3.31. The summed E-state index contributed by atoms with van der Waals surface area (Å²) in [5.41, 5.74) is 9.98. The summed E-state index contributed by atoms with van der Waals surface area (Å²) in [6.07, 6.45) is 1.93. The molecular formula is C34H42N4. The molecule has 1 fully saturated rings. The van der Waals surface area contributed by atoms with E-state index in [4.69, 9.17) is 4.99 Å². The van der Waals surface area contributed by atoms with Gasteiger partial charge in [-0.25, -0.2) is 0 Å². The SMILES string of the molecule is CCc1ccc(N2C(=NC(C)C)C(=N)N3c4cc(-c5ccccc5C(C)C)c(CC)cc4C(C)(C)C23)cc1. The minimum absolute atomic E-state index is 0.0460. The summed E-state index contributed by atoms with van der Waals surface area (Å²) in [6, 6.07) is 22.5. The quantitative estimate of drug-likeness (QED) is 0.365. The van der Waals surface area contributed by atoms with Crippen LogP contribution < -0.4 is 9.80 Å². The minimum Gasteiger partial charge on any atom is -0.301 e. The number of aliphatic imine (C=N–C) groups is 1. The van der Waals surface area contributed by atoms with Gasteiger partial charge in [0.1, 0.15) is 6.17 Å². The Labute approximate surface area is 228 Å². The predicted octanol–water partition coefficient (Wildman–Crippen LogP) is 8.33. The van der Waals surface area contributed by atoms with Gasteiger partial charge in [-0.15, -0.1) is 0 Å². The third-order valence-corrected chi connectivity index (χ3v) is 8.25. The standard InChI is InChI=1S/C34H42N4/c1-9-23-15-17-25(18-16-23)37-32(36-22(5)6)31(35)38-30-20-28(27-14-12-11-13-26(27)21(3)4)24(10-2)19-29(30)34(7,8)33(37)38/h11-22,33,35H,9-10H2,1-8H3. The van der Waals surface area contributed by atoms with Gasteiger partial charge >= 0.3 is 0 Å². The van der Waals surface area contributed by atoms with E-state index >= 15 is 0 Å². The molecule has 0 amide bonds. The van der Waals surface area contributed by atoms with E-state index in [0.717, 1.165) is 30.1 Å². The average molecular weight is 507 g/mol. The smallest absolute Gasteiger partial charge is 0.173 e. The zero-order chi connectivity index (χ0) is 27.4. The van der Waals surface area contributed by atoms with Crippen molar-refractivity contribution >= 4 is 23.0 Å². The molecular weight excluding hydrogens is 464 g/mol. The van der Waals surface area contributed by atoms with Gasteiger partial charge in [-0.1, -0.05) is 84.0 Å². The molecule has 2 heterocycles. The van der Waals surface area contributed by atoms with Crippen LogP contribution in [0.2, 0.25) is 0 Å². The first-order valence-electron chi connectivity index (χ1n) is 14.2. The van der Waals surface area contributed by atoms with Crippen molar-refractivity contribution < 1.29 is 0 Å². The zero-order valence-corrected chi connectivity index (χ0v) is 24.3. The maximum Gasteiger partial charge on any atom is 0.173 e. The molecule has 0 aromatic heterocycles. The third-order valence-electron chi connectivity index (χ3n) is 8.25. The molecule has 5 rings (SSSR count). The lowest BCUT2D eigenvalue weighted by molar-refractivity contribution is 0.456. The highest BCUT2D eigenvalue weighted by Gasteiger charge is 2.56. The second-order valence-corrected chi connectivity index (χ2v) is 11.9. The van der Waals surface area contributed by atoms with Gasteiger partial charge in [0, 0.05) is 22.8 Å². The molecule has 0 bridgehead atoms. The lowest BCUT2D eigenvalue weighted by Crippen LogP contribution is -2.48. The van der Waals surface area contributed by atoms with E-state index in [1.807, 2.05) is 0 Å². The summed E-state index contributed by atoms with van der Waals surface area (Å²) in [5.74, 6) is 1.68. The molecule has 0 saturated carbocycles. The van der Waals surface area contributed by atoms with Crippen LogP contribution in [0.3, 0.4) is 0 Å². The summed E-state index contributed by atoms with van der Waals surface area (Å²) in [6.45, 7) is 17.8. The lowest BCUT2D eigenvalue weighted by Gasteiger charge is -2.35. The number of benzene rings is 3. The van der Waals surface area contributed by atoms with Gasteiger partial charge < -0.3 is 9.80 Å². The van der Waals surface area contributed by atoms with Crippen molar-refractivity contribution in [1.29, 1.82) is 5.41 Å². The fourth-order valence-electron chi connectivity index (χ4n) is 6.27. The first-order chi connectivity index (χ1) is 18.1. The maximum atomic E-state index is 9.43. The third kappa shape index (κ3) is 4.05. The Morgan fingerprint density at radius 2 is 1.55 bits per heavy atom. The minimum atomic E-state index is -0.209.